The molecule has 0 aliphatic carbocycles. The Balaban J connectivity index is 5.20. The summed E-state index contributed by atoms with van der Waals surface area (Å²) in [5.74, 6) is 0. The Labute approximate surface area is 93.9 Å². The highest BCUT2D eigenvalue weighted by Crippen LogP contribution is 2.25. The lowest BCUT2D eigenvalue weighted by atomic mass is 9.93. The van der Waals surface area contributed by atoms with Crippen molar-refractivity contribution in [1.29, 1.82) is 0 Å². The summed E-state index contributed by atoms with van der Waals surface area (Å²) in [6.07, 6.45) is 1.48. The van der Waals surface area contributed by atoms with E-state index in [1.807, 2.05) is 13.8 Å². The normalized spacial score (nSPS) is 13.9. The molecule has 0 aliphatic rings. The van der Waals surface area contributed by atoms with Gasteiger partial charge in [-0.3, -0.25) is 0 Å². The van der Waals surface area contributed by atoms with Gasteiger partial charge in [-0.2, -0.15) is 4.31 Å². The van der Waals surface area contributed by atoms with Gasteiger partial charge in [-0.1, -0.05) is 13.8 Å². The van der Waals surface area contributed by atoms with Gasteiger partial charge >= 0.3 is 0 Å². The minimum atomic E-state index is -3.22. The topological polar surface area (TPSA) is 63.4 Å². The lowest BCUT2D eigenvalue weighted by molar-refractivity contribution is 0.206. The highest BCUT2D eigenvalue weighted by atomic mass is 32.2. The molecule has 15 heavy (non-hydrogen) atoms. The molecule has 2 N–H and O–H groups in total. The molecule has 0 radical (unpaired) electrons. The van der Waals surface area contributed by atoms with Crippen LogP contribution in [0.1, 0.15) is 40.5 Å². The van der Waals surface area contributed by atoms with Crippen LogP contribution in [0.25, 0.3) is 0 Å². The van der Waals surface area contributed by atoms with Crippen molar-refractivity contribution >= 4 is 10.0 Å². The van der Waals surface area contributed by atoms with Gasteiger partial charge in [0.2, 0.25) is 10.0 Å². The van der Waals surface area contributed by atoms with E-state index in [9.17, 15) is 8.42 Å². The van der Waals surface area contributed by atoms with E-state index in [1.54, 1.807) is 20.9 Å². The third-order valence-corrected chi connectivity index (χ3v) is 5.68. The molecule has 0 saturated heterocycles. The molecule has 0 bridgehead atoms. The molecule has 0 aromatic heterocycles. The number of rotatable bonds is 6. The summed E-state index contributed by atoms with van der Waals surface area (Å²) in [7, 11) is -1.58. The fraction of sp³-hybridized carbons (Fsp3) is 1.00. The van der Waals surface area contributed by atoms with Gasteiger partial charge in [-0.15, -0.1) is 0 Å². The van der Waals surface area contributed by atoms with E-state index in [0.29, 0.717) is 6.54 Å². The zero-order valence-corrected chi connectivity index (χ0v) is 11.3. The van der Waals surface area contributed by atoms with Crippen molar-refractivity contribution in [3.8, 4) is 0 Å². The fourth-order valence-corrected chi connectivity index (χ4v) is 3.20. The molecule has 0 spiro atoms. The molecule has 0 heterocycles. The molecule has 0 aromatic carbocycles. The summed E-state index contributed by atoms with van der Waals surface area (Å²) in [4.78, 5) is 0. The Hall–Kier alpha value is -0.130. The SMILES string of the molecule is CCC(CC)(CN)N(C)S(=O)(=O)C(C)C. The van der Waals surface area contributed by atoms with E-state index in [0.717, 1.165) is 12.8 Å². The molecule has 0 amide bonds. The quantitative estimate of drug-likeness (QED) is 0.753. The van der Waals surface area contributed by atoms with Crippen molar-refractivity contribution in [1.82, 2.24) is 4.31 Å². The molecule has 0 saturated carbocycles. The Morgan fingerprint density at radius 3 is 1.87 bits per heavy atom. The van der Waals surface area contributed by atoms with Crippen molar-refractivity contribution in [3.05, 3.63) is 0 Å². The number of nitrogens with zero attached hydrogens (tertiary/aromatic N) is 1. The van der Waals surface area contributed by atoms with E-state index >= 15 is 0 Å². The van der Waals surface area contributed by atoms with Crippen LogP contribution in [0.2, 0.25) is 0 Å². The summed E-state index contributed by atoms with van der Waals surface area (Å²) < 4.78 is 25.5. The monoisotopic (exact) mass is 236 g/mol. The molecule has 0 rings (SSSR count). The van der Waals surface area contributed by atoms with Gasteiger partial charge in [0.25, 0.3) is 0 Å². The number of nitrogens with two attached hydrogens (primary N) is 1. The Bertz CT molecular complexity index is 274. The molecule has 0 fully saturated rings. The average molecular weight is 236 g/mol. The zero-order valence-electron chi connectivity index (χ0n) is 10.4. The van der Waals surface area contributed by atoms with Crippen LogP contribution in [0.15, 0.2) is 0 Å². The highest BCUT2D eigenvalue weighted by molar-refractivity contribution is 7.89. The molecule has 5 heteroatoms. The first-order valence-electron chi connectivity index (χ1n) is 5.46. The molecular weight excluding hydrogens is 212 g/mol. The van der Waals surface area contributed by atoms with Crippen molar-refractivity contribution in [2.24, 2.45) is 5.73 Å². The standard InChI is InChI=1S/C10H24N2O2S/c1-6-10(7-2,8-11)12(5)15(13,14)9(3)4/h9H,6-8,11H2,1-5H3. The largest absolute Gasteiger partial charge is 0.329 e. The zero-order chi connectivity index (χ0) is 12.3. The Morgan fingerprint density at radius 1 is 1.27 bits per heavy atom. The van der Waals surface area contributed by atoms with E-state index in [-0.39, 0.29) is 0 Å². The van der Waals surface area contributed by atoms with Gasteiger partial charge < -0.3 is 5.73 Å². The van der Waals surface area contributed by atoms with Crippen molar-refractivity contribution < 1.29 is 8.42 Å². The number of hydrogen-bond acceptors (Lipinski definition) is 3. The van der Waals surface area contributed by atoms with Gasteiger partial charge in [-0.25, -0.2) is 8.42 Å². The van der Waals surface area contributed by atoms with Gasteiger partial charge in [0.15, 0.2) is 0 Å². The second kappa shape index (κ2) is 5.27. The minimum absolute atomic E-state index is 0.364. The van der Waals surface area contributed by atoms with Crippen LogP contribution in [0.3, 0.4) is 0 Å². The van der Waals surface area contributed by atoms with Crippen LogP contribution in [0.4, 0.5) is 0 Å². The second-order valence-corrected chi connectivity index (χ2v) is 6.72. The first-order valence-corrected chi connectivity index (χ1v) is 6.96. The Morgan fingerprint density at radius 2 is 1.67 bits per heavy atom. The lowest BCUT2D eigenvalue weighted by Gasteiger charge is -2.39. The van der Waals surface area contributed by atoms with Crippen LogP contribution < -0.4 is 5.73 Å². The summed E-state index contributed by atoms with van der Waals surface area (Å²) >= 11 is 0. The number of sulfonamides is 1. The third-order valence-electron chi connectivity index (χ3n) is 3.34. The maximum absolute atomic E-state index is 12.0. The average Bonchev–Trinajstić information content (AvgIpc) is 2.20. The predicted octanol–water partition coefficient (Wildman–Crippen LogP) is 1.17. The van der Waals surface area contributed by atoms with E-state index in [1.165, 1.54) is 4.31 Å². The first-order chi connectivity index (χ1) is 6.78. The van der Waals surface area contributed by atoms with Crippen LogP contribution in [0.5, 0.6) is 0 Å². The predicted molar refractivity (Wildman–Crippen MR) is 64.2 cm³/mol. The van der Waals surface area contributed by atoms with Crippen molar-refractivity contribution in [2.75, 3.05) is 13.6 Å². The van der Waals surface area contributed by atoms with Crippen LogP contribution in [-0.2, 0) is 10.0 Å². The molecule has 0 aliphatic heterocycles. The number of hydrogen-bond donors (Lipinski definition) is 1. The summed E-state index contributed by atoms with van der Waals surface area (Å²) in [6, 6.07) is 0. The molecule has 92 valence electrons. The lowest BCUT2D eigenvalue weighted by Crippen LogP contribution is -2.55. The van der Waals surface area contributed by atoms with E-state index in [4.69, 9.17) is 5.73 Å². The second-order valence-electron chi connectivity index (χ2n) is 4.20. The minimum Gasteiger partial charge on any atom is -0.329 e. The first kappa shape index (κ1) is 14.9. The van der Waals surface area contributed by atoms with Gasteiger partial charge in [0, 0.05) is 19.1 Å². The highest BCUT2D eigenvalue weighted by Gasteiger charge is 2.38. The van der Waals surface area contributed by atoms with E-state index < -0.39 is 20.8 Å². The van der Waals surface area contributed by atoms with Gasteiger partial charge in [-0.05, 0) is 26.7 Å². The molecule has 0 atom stereocenters. The van der Waals surface area contributed by atoms with Gasteiger partial charge in [0.1, 0.15) is 0 Å². The molecule has 0 unspecified atom stereocenters. The smallest absolute Gasteiger partial charge is 0.216 e. The van der Waals surface area contributed by atoms with Crippen molar-refractivity contribution in [3.63, 3.8) is 0 Å². The Kier molecular flexibility index (Phi) is 5.23. The van der Waals surface area contributed by atoms with E-state index in [2.05, 4.69) is 0 Å². The van der Waals surface area contributed by atoms with Crippen molar-refractivity contribution in [2.45, 2.75) is 51.3 Å². The number of likely N-dealkylation sites (N-methyl/N-ethyl adjacent to an activating group) is 1. The third kappa shape index (κ3) is 2.71. The molecular formula is C10H24N2O2S. The maximum atomic E-state index is 12.0. The molecule has 4 nitrogen and oxygen atoms in total. The fourth-order valence-electron chi connectivity index (χ4n) is 1.70. The summed E-state index contributed by atoms with van der Waals surface area (Å²) in [6.45, 7) is 7.70. The van der Waals surface area contributed by atoms with Crippen LogP contribution in [-0.4, -0.2) is 37.1 Å². The maximum Gasteiger partial charge on any atom is 0.216 e. The van der Waals surface area contributed by atoms with Crippen LogP contribution in [0, 0.1) is 0 Å². The summed E-state index contributed by atoms with van der Waals surface area (Å²) in [5, 5.41) is -0.397. The van der Waals surface area contributed by atoms with Gasteiger partial charge in [0.05, 0.1) is 5.25 Å². The van der Waals surface area contributed by atoms with Crippen LogP contribution >= 0.6 is 0 Å². The molecule has 0 aromatic rings. The summed E-state index contributed by atoms with van der Waals surface area (Å²) in [5.41, 5.74) is 5.29.